The van der Waals surface area contributed by atoms with E-state index in [0.717, 1.165) is 30.2 Å². The molecule has 1 rings (SSSR count). The summed E-state index contributed by atoms with van der Waals surface area (Å²) in [5.74, 6) is 1.63. The normalized spacial score (nSPS) is 11.2. The molecule has 0 fully saturated rings. The van der Waals surface area contributed by atoms with E-state index in [1.54, 1.807) is 0 Å². The second kappa shape index (κ2) is 4.10. The smallest absolute Gasteiger partial charge is 0.218 e. The van der Waals surface area contributed by atoms with Crippen molar-refractivity contribution >= 4 is 6.08 Å². The van der Waals surface area contributed by atoms with Gasteiger partial charge in [-0.15, -0.1) is 0 Å². The molecule has 0 saturated carbocycles. The minimum atomic E-state index is 0.721. The molecule has 66 valence electrons. The number of allylic oxidation sites excluding steroid dienone is 1. The van der Waals surface area contributed by atoms with Crippen LogP contribution < -0.4 is 0 Å². The predicted molar refractivity (Wildman–Crippen MR) is 49.9 cm³/mol. The highest BCUT2D eigenvalue weighted by Gasteiger charge is 2.00. The van der Waals surface area contributed by atoms with Gasteiger partial charge in [0.05, 0.1) is 5.69 Å². The third-order valence-corrected chi connectivity index (χ3v) is 1.76. The molecule has 0 aromatic carbocycles. The van der Waals surface area contributed by atoms with Gasteiger partial charge in [0.1, 0.15) is 5.76 Å². The molecule has 0 radical (unpaired) electrons. The minimum absolute atomic E-state index is 0.721. The van der Waals surface area contributed by atoms with Crippen LogP contribution in [0.5, 0.6) is 0 Å². The SMILES string of the molecule is CCC/C=C/c1nc(C)c(C)o1. The maximum Gasteiger partial charge on any atom is 0.218 e. The third kappa shape index (κ3) is 2.22. The van der Waals surface area contributed by atoms with Crippen molar-refractivity contribution in [3.05, 3.63) is 23.4 Å². The minimum Gasteiger partial charge on any atom is -0.442 e. The van der Waals surface area contributed by atoms with Crippen molar-refractivity contribution < 1.29 is 4.42 Å². The summed E-state index contributed by atoms with van der Waals surface area (Å²) in [4.78, 5) is 4.23. The lowest BCUT2D eigenvalue weighted by atomic mass is 10.3. The van der Waals surface area contributed by atoms with Crippen molar-refractivity contribution in [1.29, 1.82) is 0 Å². The average Bonchev–Trinajstić information content (AvgIpc) is 2.32. The van der Waals surface area contributed by atoms with Crippen molar-refractivity contribution in [2.75, 3.05) is 0 Å². The highest BCUT2D eigenvalue weighted by molar-refractivity contribution is 5.38. The van der Waals surface area contributed by atoms with E-state index in [-0.39, 0.29) is 0 Å². The van der Waals surface area contributed by atoms with Crippen molar-refractivity contribution in [3.8, 4) is 0 Å². The Morgan fingerprint density at radius 1 is 1.42 bits per heavy atom. The quantitative estimate of drug-likeness (QED) is 0.687. The number of hydrogen-bond donors (Lipinski definition) is 0. The summed E-state index contributed by atoms with van der Waals surface area (Å²) in [6.07, 6.45) is 6.27. The first-order valence-corrected chi connectivity index (χ1v) is 4.34. The number of rotatable bonds is 3. The predicted octanol–water partition coefficient (Wildman–Crippen LogP) is 3.10. The molecule has 0 aliphatic carbocycles. The molecule has 0 bridgehead atoms. The molecule has 1 heterocycles. The molecule has 2 heteroatoms. The van der Waals surface area contributed by atoms with Gasteiger partial charge in [-0.3, -0.25) is 0 Å². The summed E-state index contributed by atoms with van der Waals surface area (Å²) < 4.78 is 5.36. The first-order valence-electron chi connectivity index (χ1n) is 4.34. The number of unbranched alkanes of at least 4 members (excludes halogenated alkanes) is 1. The molecule has 12 heavy (non-hydrogen) atoms. The highest BCUT2D eigenvalue weighted by atomic mass is 16.4. The summed E-state index contributed by atoms with van der Waals surface area (Å²) in [7, 11) is 0. The first-order chi connectivity index (χ1) is 5.74. The standard InChI is InChI=1S/C10H15NO/c1-4-5-6-7-10-11-8(2)9(3)12-10/h6-7H,4-5H2,1-3H3/b7-6+. The van der Waals surface area contributed by atoms with Gasteiger partial charge in [0.15, 0.2) is 0 Å². The van der Waals surface area contributed by atoms with Crippen LogP contribution in [0.2, 0.25) is 0 Å². The number of aryl methyl sites for hydroxylation is 2. The van der Waals surface area contributed by atoms with Gasteiger partial charge in [0.25, 0.3) is 0 Å². The molecular weight excluding hydrogens is 150 g/mol. The van der Waals surface area contributed by atoms with Crippen LogP contribution >= 0.6 is 0 Å². The van der Waals surface area contributed by atoms with Gasteiger partial charge in [-0.2, -0.15) is 0 Å². The maximum absolute atomic E-state index is 5.36. The van der Waals surface area contributed by atoms with E-state index in [4.69, 9.17) is 4.42 Å². The van der Waals surface area contributed by atoms with E-state index >= 15 is 0 Å². The van der Waals surface area contributed by atoms with Gasteiger partial charge in [-0.1, -0.05) is 19.4 Å². The lowest BCUT2D eigenvalue weighted by Gasteiger charge is -1.83. The lowest BCUT2D eigenvalue weighted by Crippen LogP contribution is -1.72. The van der Waals surface area contributed by atoms with Crippen molar-refractivity contribution in [2.24, 2.45) is 0 Å². The fourth-order valence-corrected chi connectivity index (χ4v) is 0.920. The zero-order valence-corrected chi connectivity index (χ0v) is 7.92. The van der Waals surface area contributed by atoms with E-state index in [1.165, 1.54) is 0 Å². The molecule has 2 nitrogen and oxygen atoms in total. The average molecular weight is 165 g/mol. The summed E-state index contributed by atoms with van der Waals surface area (Å²) >= 11 is 0. The van der Waals surface area contributed by atoms with E-state index in [2.05, 4.69) is 18.0 Å². The number of oxazole rings is 1. The van der Waals surface area contributed by atoms with Crippen LogP contribution in [0, 0.1) is 13.8 Å². The molecule has 0 aliphatic heterocycles. The van der Waals surface area contributed by atoms with Crippen LogP contribution in [-0.2, 0) is 0 Å². The molecule has 0 atom stereocenters. The molecule has 0 saturated heterocycles. The lowest BCUT2D eigenvalue weighted by molar-refractivity contribution is 0.515. The Morgan fingerprint density at radius 2 is 2.17 bits per heavy atom. The summed E-state index contributed by atoms with van der Waals surface area (Å²) in [5.41, 5.74) is 0.978. The fraction of sp³-hybridized carbons (Fsp3) is 0.500. The molecule has 0 unspecified atom stereocenters. The van der Waals surface area contributed by atoms with Crippen LogP contribution in [0.15, 0.2) is 10.5 Å². The zero-order valence-electron chi connectivity index (χ0n) is 7.92. The van der Waals surface area contributed by atoms with Crippen LogP contribution in [0.25, 0.3) is 6.08 Å². The Morgan fingerprint density at radius 3 is 2.67 bits per heavy atom. The Labute approximate surface area is 73.3 Å². The highest BCUT2D eigenvalue weighted by Crippen LogP contribution is 2.09. The van der Waals surface area contributed by atoms with Crippen molar-refractivity contribution in [3.63, 3.8) is 0 Å². The molecule has 0 aliphatic rings. The van der Waals surface area contributed by atoms with Gasteiger partial charge in [-0.05, 0) is 26.3 Å². The number of aromatic nitrogens is 1. The maximum atomic E-state index is 5.36. The molecular formula is C10H15NO. The Kier molecular flexibility index (Phi) is 3.09. The molecule has 0 N–H and O–H groups in total. The second-order valence-electron chi connectivity index (χ2n) is 2.88. The van der Waals surface area contributed by atoms with Crippen molar-refractivity contribution in [1.82, 2.24) is 4.98 Å². The molecule has 0 amide bonds. The van der Waals surface area contributed by atoms with Crippen LogP contribution in [0.4, 0.5) is 0 Å². The van der Waals surface area contributed by atoms with Gasteiger partial charge in [-0.25, -0.2) is 4.98 Å². The van der Waals surface area contributed by atoms with Crippen LogP contribution in [-0.4, -0.2) is 4.98 Å². The number of hydrogen-bond acceptors (Lipinski definition) is 2. The fourth-order valence-electron chi connectivity index (χ4n) is 0.920. The van der Waals surface area contributed by atoms with Crippen molar-refractivity contribution in [2.45, 2.75) is 33.6 Å². The second-order valence-corrected chi connectivity index (χ2v) is 2.88. The Hall–Kier alpha value is -1.05. The first kappa shape index (κ1) is 9.04. The molecule has 0 spiro atoms. The topological polar surface area (TPSA) is 26.0 Å². The monoisotopic (exact) mass is 165 g/mol. The van der Waals surface area contributed by atoms with E-state index in [9.17, 15) is 0 Å². The third-order valence-electron chi connectivity index (χ3n) is 1.76. The van der Waals surface area contributed by atoms with Gasteiger partial charge < -0.3 is 4.42 Å². The van der Waals surface area contributed by atoms with E-state index in [1.807, 2.05) is 19.9 Å². The summed E-state index contributed by atoms with van der Waals surface area (Å²) in [5, 5.41) is 0. The molecule has 1 aromatic rings. The Balaban J connectivity index is 2.64. The van der Waals surface area contributed by atoms with E-state index < -0.39 is 0 Å². The van der Waals surface area contributed by atoms with Gasteiger partial charge in [0.2, 0.25) is 5.89 Å². The van der Waals surface area contributed by atoms with E-state index in [0.29, 0.717) is 0 Å². The Bertz CT molecular complexity index is 254. The summed E-state index contributed by atoms with van der Waals surface area (Å²) in [6, 6.07) is 0. The molecule has 1 aromatic heterocycles. The van der Waals surface area contributed by atoms with Crippen LogP contribution in [0.3, 0.4) is 0 Å². The largest absolute Gasteiger partial charge is 0.442 e. The zero-order chi connectivity index (χ0) is 8.97. The summed E-state index contributed by atoms with van der Waals surface area (Å²) in [6.45, 7) is 6.03. The number of nitrogens with zero attached hydrogens (tertiary/aromatic N) is 1. The van der Waals surface area contributed by atoms with Crippen LogP contribution in [0.1, 0.15) is 37.1 Å². The van der Waals surface area contributed by atoms with Gasteiger partial charge >= 0.3 is 0 Å². The van der Waals surface area contributed by atoms with Gasteiger partial charge in [0, 0.05) is 0 Å².